The van der Waals surface area contributed by atoms with Gasteiger partial charge in [0.15, 0.2) is 0 Å². The van der Waals surface area contributed by atoms with Gasteiger partial charge in [0, 0.05) is 32.3 Å². The maximum atomic E-state index is 12.7. The highest BCUT2D eigenvalue weighted by Crippen LogP contribution is 2.31. The van der Waals surface area contributed by atoms with Crippen LogP contribution in [-0.4, -0.2) is 57.2 Å². The van der Waals surface area contributed by atoms with E-state index in [0.29, 0.717) is 31.7 Å². The van der Waals surface area contributed by atoms with E-state index in [9.17, 15) is 4.79 Å². The predicted molar refractivity (Wildman–Crippen MR) is 88.6 cm³/mol. The number of nitrogens with zero attached hydrogens (tertiary/aromatic N) is 1. The van der Waals surface area contributed by atoms with Crippen molar-refractivity contribution in [2.75, 3.05) is 40.4 Å². The molecule has 0 radical (unpaired) electrons. The van der Waals surface area contributed by atoms with Crippen molar-refractivity contribution in [2.45, 2.75) is 51.0 Å². The van der Waals surface area contributed by atoms with E-state index in [1.165, 1.54) is 32.1 Å². The van der Waals surface area contributed by atoms with Gasteiger partial charge in [0.25, 0.3) is 0 Å². The molecule has 5 heteroatoms. The van der Waals surface area contributed by atoms with E-state index in [2.05, 4.69) is 24.3 Å². The number of carbonyl (C=O) groups excluding carboxylic acids is 1. The topological polar surface area (TPSA) is 67.6 Å². The quantitative estimate of drug-likeness (QED) is 0.777. The molecule has 2 fully saturated rings. The van der Waals surface area contributed by atoms with E-state index in [0.717, 1.165) is 19.4 Å². The van der Waals surface area contributed by atoms with Gasteiger partial charge in [-0.2, -0.15) is 0 Å². The summed E-state index contributed by atoms with van der Waals surface area (Å²) in [4.78, 5) is 15.0. The van der Waals surface area contributed by atoms with Gasteiger partial charge in [0.1, 0.15) is 0 Å². The zero-order valence-corrected chi connectivity index (χ0v) is 14.3. The summed E-state index contributed by atoms with van der Waals surface area (Å²) in [6.45, 7) is 2.44. The fourth-order valence-corrected chi connectivity index (χ4v) is 3.96. The Morgan fingerprint density at radius 1 is 1.27 bits per heavy atom. The Bertz CT molecular complexity index is 348. The van der Waals surface area contributed by atoms with E-state index in [-0.39, 0.29) is 5.91 Å². The van der Waals surface area contributed by atoms with Crippen LogP contribution in [0.3, 0.4) is 0 Å². The molecule has 0 spiro atoms. The molecule has 1 heterocycles. The van der Waals surface area contributed by atoms with E-state index < -0.39 is 5.41 Å². The number of hydrogen-bond donors (Lipinski definition) is 2. The van der Waals surface area contributed by atoms with Gasteiger partial charge in [-0.25, -0.2) is 0 Å². The normalized spacial score (nSPS) is 24.2. The average Bonchev–Trinajstić information content (AvgIpc) is 2.56. The highest BCUT2D eigenvalue weighted by Gasteiger charge is 2.39. The molecule has 2 aliphatic rings. The van der Waals surface area contributed by atoms with Crippen LogP contribution in [-0.2, 0) is 9.53 Å². The Balaban J connectivity index is 1.91. The van der Waals surface area contributed by atoms with E-state index in [1.54, 1.807) is 0 Å². The van der Waals surface area contributed by atoms with Crippen LogP contribution in [0.5, 0.6) is 0 Å². The number of rotatable bonds is 6. The predicted octanol–water partition coefficient (Wildman–Crippen LogP) is 1.37. The summed E-state index contributed by atoms with van der Waals surface area (Å²) in [6.07, 6.45) is 8.07. The number of nitrogens with one attached hydrogen (secondary N) is 1. The van der Waals surface area contributed by atoms with Gasteiger partial charge in [0.2, 0.25) is 5.91 Å². The molecule has 3 N–H and O–H groups in total. The number of nitrogens with two attached hydrogens (primary N) is 1. The largest absolute Gasteiger partial charge is 0.381 e. The Kier molecular flexibility index (Phi) is 6.66. The Morgan fingerprint density at radius 2 is 1.91 bits per heavy atom. The molecule has 1 saturated heterocycles. The summed E-state index contributed by atoms with van der Waals surface area (Å²) in [5.74, 6) is 0.827. The Morgan fingerprint density at radius 3 is 2.45 bits per heavy atom. The van der Waals surface area contributed by atoms with Crippen LogP contribution in [0, 0.1) is 11.3 Å². The fraction of sp³-hybridized carbons (Fsp3) is 0.941. The SMILES string of the molecule is CN(C)C(CNC(=O)C1(CN)CCOCC1)C1CCCCC1. The van der Waals surface area contributed by atoms with Gasteiger partial charge < -0.3 is 20.7 Å². The average molecular weight is 311 g/mol. The molecule has 1 amide bonds. The first-order valence-electron chi connectivity index (χ1n) is 8.81. The third-order valence-electron chi connectivity index (χ3n) is 5.65. The number of hydrogen-bond acceptors (Lipinski definition) is 4. The van der Waals surface area contributed by atoms with Crippen molar-refractivity contribution in [1.29, 1.82) is 0 Å². The summed E-state index contributed by atoms with van der Waals surface area (Å²) in [5, 5.41) is 3.21. The third kappa shape index (κ3) is 4.21. The second-order valence-corrected chi connectivity index (χ2v) is 7.24. The van der Waals surface area contributed by atoms with Gasteiger partial charge in [0.05, 0.1) is 5.41 Å². The molecular weight excluding hydrogens is 278 g/mol. The summed E-state index contributed by atoms with van der Waals surface area (Å²) in [6, 6.07) is 0.430. The van der Waals surface area contributed by atoms with Gasteiger partial charge in [-0.15, -0.1) is 0 Å². The lowest BCUT2D eigenvalue weighted by atomic mass is 9.79. The van der Waals surface area contributed by atoms with Gasteiger partial charge in [-0.05, 0) is 45.7 Å². The van der Waals surface area contributed by atoms with Crippen LogP contribution in [0.15, 0.2) is 0 Å². The highest BCUT2D eigenvalue weighted by atomic mass is 16.5. The third-order valence-corrected chi connectivity index (χ3v) is 5.65. The molecule has 0 bridgehead atoms. The molecule has 1 unspecified atom stereocenters. The highest BCUT2D eigenvalue weighted by molar-refractivity contribution is 5.83. The second-order valence-electron chi connectivity index (χ2n) is 7.24. The molecular formula is C17H33N3O2. The van der Waals surface area contributed by atoms with Crippen molar-refractivity contribution in [3.63, 3.8) is 0 Å². The van der Waals surface area contributed by atoms with Crippen molar-refractivity contribution in [1.82, 2.24) is 10.2 Å². The molecule has 2 rings (SSSR count). The Labute approximate surface area is 134 Å². The molecule has 1 aliphatic heterocycles. The van der Waals surface area contributed by atoms with Gasteiger partial charge in [-0.3, -0.25) is 4.79 Å². The van der Waals surface area contributed by atoms with Crippen LogP contribution in [0.4, 0.5) is 0 Å². The van der Waals surface area contributed by atoms with Gasteiger partial charge in [-0.1, -0.05) is 19.3 Å². The number of amides is 1. The lowest BCUT2D eigenvalue weighted by Gasteiger charge is -2.38. The number of ether oxygens (including phenoxy) is 1. The maximum Gasteiger partial charge on any atom is 0.227 e. The van der Waals surface area contributed by atoms with E-state index in [4.69, 9.17) is 10.5 Å². The molecule has 5 nitrogen and oxygen atoms in total. The van der Waals surface area contributed by atoms with Crippen LogP contribution in [0.1, 0.15) is 44.9 Å². The van der Waals surface area contributed by atoms with Crippen LogP contribution in [0.25, 0.3) is 0 Å². The fourth-order valence-electron chi connectivity index (χ4n) is 3.96. The van der Waals surface area contributed by atoms with E-state index in [1.807, 2.05) is 0 Å². The zero-order chi connectivity index (χ0) is 16.0. The lowest BCUT2D eigenvalue weighted by molar-refractivity contribution is -0.136. The molecule has 22 heavy (non-hydrogen) atoms. The zero-order valence-electron chi connectivity index (χ0n) is 14.3. The molecule has 0 aromatic rings. The van der Waals surface area contributed by atoms with Crippen molar-refractivity contribution in [2.24, 2.45) is 17.1 Å². The summed E-state index contributed by atoms with van der Waals surface area (Å²) in [7, 11) is 4.25. The lowest BCUT2D eigenvalue weighted by Crippen LogP contribution is -2.53. The summed E-state index contributed by atoms with van der Waals surface area (Å²) in [5.41, 5.74) is 5.51. The molecule has 1 saturated carbocycles. The maximum absolute atomic E-state index is 12.7. The van der Waals surface area contributed by atoms with Crippen molar-refractivity contribution in [3.8, 4) is 0 Å². The Hall–Kier alpha value is -0.650. The first-order valence-corrected chi connectivity index (χ1v) is 8.81. The van der Waals surface area contributed by atoms with E-state index >= 15 is 0 Å². The van der Waals surface area contributed by atoms with Crippen molar-refractivity contribution < 1.29 is 9.53 Å². The first-order chi connectivity index (χ1) is 10.6. The molecule has 128 valence electrons. The van der Waals surface area contributed by atoms with Crippen LogP contribution in [0.2, 0.25) is 0 Å². The summed E-state index contributed by atoms with van der Waals surface area (Å²) < 4.78 is 5.39. The minimum absolute atomic E-state index is 0.126. The molecule has 0 aromatic heterocycles. The molecule has 0 aromatic carbocycles. The molecule has 1 aliphatic carbocycles. The first kappa shape index (κ1) is 17.7. The van der Waals surface area contributed by atoms with Gasteiger partial charge >= 0.3 is 0 Å². The van der Waals surface area contributed by atoms with Crippen LogP contribution < -0.4 is 11.1 Å². The van der Waals surface area contributed by atoms with Crippen molar-refractivity contribution >= 4 is 5.91 Å². The molecule has 1 atom stereocenters. The number of likely N-dealkylation sites (N-methyl/N-ethyl adjacent to an activating group) is 1. The summed E-state index contributed by atoms with van der Waals surface area (Å²) >= 11 is 0. The minimum atomic E-state index is -0.415. The minimum Gasteiger partial charge on any atom is -0.381 e. The monoisotopic (exact) mass is 311 g/mol. The standard InChI is InChI=1S/C17H33N3O2/c1-20(2)15(14-6-4-3-5-7-14)12-19-16(21)17(13-18)8-10-22-11-9-17/h14-15H,3-13,18H2,1-2H3,(H,19,21). The second kappa shape index (κ2) is 8.27. The smallest absolute Gasteiger partial charge is 0.227 e. The number of carbonyl (C=O) groups is 1. The van der Waals surface area contributed by atoms with Crippen molar-refractivity contribution in [3.05, 3.63) is 0 Å². The van der Waals surface area contributed by atoms with Crippen LogP contribution >= 0.6 is 0 Å².